The highest BCUT2D eigenvalue weighted by Gasteiger charge is 1.92. The fraction of sp³-hybridized carbons (Fsp3) is 0. The predicted molar refractivity (Wildman–Crippen MR) is 52.4 cm³/mol. The summed E-state index contributed by atoms with van der Waals surface area (Å²) < 4.78 is 5.68. The molecule has 0 fully saturated rings. The van der Waals surface area contributed by atoms with Crippen molar-refractivity contribution in [2.75, 3.05) is 0 Å². The van der Waals surface area contributed by atoms with E-state index in [1.807, 2.05) is 30.3 Å². The summed E-state index contributed by atoms with van der Waals surface area (Å²) in [5.41, 5.74) is 0.931. The lowest BCUT2D eigenvalue weighted by Gasteiger charge is -1.90. The molecule has 0 atom stereocenters. The van der Waals surface area contributed by atoms with E-state index in [2.05, 4.69) is 9.52 Å². The fourth-order valence-electron chi connectivity index (χ4n) is 1.01. The van der Waals surface area contributed by atoms with E-state index in [0.29, 0.717) is 0 Å². The van der Waals surface area contributed by atoms with Gasteiger partial charge >= 0.3 is 5.76 Å². The van der Waals surface area contributed by atoms with E-state index in [0.717, 1.165) is 10.2 Å². The number of benzene rings is 1. The van der Waals surface area contributed by atoms with Crippen molar-refractivity contribution in [2.24, 2.45) is 5.10 Å². The van der Waals surface area contributed by atoms with Crippen molar-refractivity contribution < 1.29 is 4.42 Å². The molecule has 0 aliphatic heterocycles. The smallest absolute Gasteiger partial charge is 0.415 e. The highest BCUT2D eigenvalue weighted by molar-refractivity contribution is 5.79. The summed E-state index contributed by atoms with van der Waals surface area (Å²) in [4.78, 5) is 10.9. The van der Waals surface area contributed by atoms with Gasteiger partial charge in [0.1, 0.15) is 6.26 Å². The van der Waals surface area contributed by atoms with E-state index in [-0.39, 0.29) is 0 Å². The summed E-state index contributed by atoms with van der Waals surface area (Å²) in [6, 6.07) is 9.52. The predicted octanol–water partition coefficient (Wildman–Crippen LogP) is 1.32. The Morgan fingerprint density at radius 2 is 2.07 bits per heavy atom. The topological polar surface area (TPSA) is 47.5 Å². The largest absolute Gasteiger partial charge is 0.439 e. The standard InChI is InChI=1S/C10H8N2O2/c13-10-12(6-7-14-10)11-8-9-4-2-1-3-5-9/h1-8H/b11-8-. The molecule has 0 unspecified atom stereocenters. The van der Waals surface area contributed by atoms with Crippen molar-refractivity contribution in [1.82, 2.24) is 4.68 Å². The number of aromatic nitrogens is 1. The third-order valence-electron chi connectivity index (χ3n) is 1.69. The van der Waals surface area contributed by atoms with Crippen LogP contribution in [0.3, 0.4) is 0 Å². The first-order valence-electron chi connectivity index (χ1n) is 4.12. The Morgan fingerprint density at radius 1 is 1.29 bits per heavy atom. The van der Waals surface area contributed by atoms with Crippen LogP contribution in [-0.2, 0) is 0 Å². The molecule has 1 aromatic carbocycles. The van der Waals surface area contributed by atoms with Crippen LogP contribution in [0.25, 0.3) is 0 Å². The molecular formula is C10H8N2O2. The number of hydrogen-bond donors (Lipinski definition) is 0. The molecule has 70 valence electrons. The zero-order chi connectivity index (χ0) is 9.80. The van der Waals surface area contributed by atoms with Crippen LogP contribution in [-0.4, -0.2) is 10.9 Å². The average molecular weight is 188 g/mol. The molecule has 0 spiro atoms. The molecule has 0 radical (unpaired) electrons. The molecule has 0 saturated carbocycles. The van der Waals surface area contributed by atoms with Crippen LogP contribution >= 0.6 is 0 Å². The number of oxazole rings is 1. The Labute approximate surface area is 80.1 Å². The van der Waals surface area contributed by atoms with Crippen LogP contribution < -0.4 is 5.76 Å². The third kappa shape index (κ3) is 1.80. The lowest BCUT2D eigenvalue weighted by Crippen LogP contribution is -2.08. The van der Waals surface area contributed by atoms with Crippen molar-refractivity contribution in [3.05, 3.63) is 58.9 Å². The van der Waals surface area contributed by atoms with Gasteiger partial charge in [0, 0.05) is 0 Å². The molecule has 2 aromatic rings. The van der Waals surface area contributed by atoms with E-state index in [1.54, 1.807) is 6.21 Å². The van der Waals surface area contributed by atoms with Crippen LogP contribution in [0.15, 0.2) is 57.1 Å². The molecule has 4 heteroatoms. The van der Waals surface area contributed by atoms with Gasteiger partial charge in [-0.05, 0) is 5.56 Å². The van der Waals surface area contributed by atoms with Crippen molar-refractivity contribution in [2.45, 2.75) is 0 Å². The molecule has 4 nitrogen and oxygen atoms in total. The van der Waals surface area contributed by atoms with Gasteiger partial charge in [-0.3, -0.25) is 0 Å². The first-order valence-corrected chi connectivity index (χ1v) is 4.12. The summed E-state index contributed by atoms with van der Waals surface area (Å²) in [6.07, 6.45) is 4.35. The summed E-state index contributed by atoms with van der Waals surface area (Å²) in [6.45, 7) is 0. The van der Waals surface area contributed by atoms with E-state index < -0.39 is 5.76 Å². The molecule has 0 aliphatic carbocycles. The van der Waals surface area contributed by atoms with E-state index in [4.69, 9.17) is 0 Å². The molecule has 1 aromatic heterocycles. The molecule has 0 aliphatic rings. The zero-order valence-electron chi connectivity index (χ0n) is 7.33. The molecule has 0 N–H and O–H groups in total. The summed E-state index contributed by atoms with van der Waals surface area (Å²) in [5.74, 6) is -0.489. The minimum Gasteiger partial charge on any atom is -0.415 e. The highest BCUT2D eigenvalue weighted by atomic mass is 16.4. The van der Waals surface area contributed by atoms with Crippen LogP contribution in [0, 0.1) is 0 Å². The fourth-order valence-corrected chi connectivity index (χ4v) is 1.01. The molecule has 14 heavy (non-hydrogen) atoms. The van der Waals surface area contributed by atoms with Gasteiger partial charge in [-0.25, -0.2) is 4.79 Å². The Bertz CT molecular complexity index is 482. The van der Waals surface area contributed by atoms with E-state index >= 15 is 0 Å². The maximum atomic E-state index is 10.9. The zero-order valence-corrected chi connectivity index (χ0v) is 7.33. The van der Waals surface area contributed by atoms with E-state index in [1.165, 1.54) is 12.5 Å². The lowest BCUT2D eigenvalue weighted by molar-refractivity contribution is 0.492. The quantitative estimate of drug-likeness (QED) is 0.667. The maximum Gasteiger partial charge on any atom is 0.439 e. The van der Waals surface area contributed by atoms with E-state index in [9.17, 15) is 4.79 Å². The Hall–Kier alpha value is -2.10. The van der Waals surface area contributed by atoms with Crippen LogP contribution in [0.2, 0.25) is 0 Å². The van der Waals surface area contributed by atoms with Gasteiger partial charge in [0.15, 0.2) is 0 Å². The maximum absolute atomic E-state index is 10.9. The third-order valence-corrected chi connectivity index (χ3v) is 1.69. The SMILES string of the molecule is O=c1occn1/N=C\c1ccccc1. The normalized spacial score (nSPS) is 10.9. The van der Waals surface area contributed by atoms with Crippen molar-refractivity contribution in [3.8, 4) is 0 Å². The minimum absolute atomic E-state index is 0.489. The van der Waals surface area contributed by atoms with Crippen molar-refractivity contribution >= 4 is 6.21 Å². The second-order valence-electron chi connectivity index (χ2n) is 2.67. The van der Waals surface area contributed by atoms with Gasteiger partial charge in [-0.15, -0.1) is 0 Å². The van der Waals surface area contributed by atoms with Gasteiger partial charge in [0.2, 0.25) is 0 Å². The summed E-state index contributed by atoms with van der Waals surface area (Å²) in [5, 5.41) is 3.92. The molecule has 0 amide bonds. The molecular weight excluding hydrogens is 180 g/mol. The van der Waals surface area contributed by atoms with Gasteiger partial charge in [-0.1, -0.05) is 30.3 Å². The number of rotatable bonds is 2. The van der Waals surface area contributed by atoms with Crippen LogP contribution in [0.5, 0.6) is 0 Å². The second-order valence-corrected chi connectivity index (χ2v) is 2.67. The average Bonchev–Trinajstić information content (AvgIpc) is 2.63. The Kier molecular flexibility index (Phi) is 2.27. The number of nitrogens with zero attached hydrogens (tertiary/aromatic N) is 2. The second kappa shape index (κ2) is 3.74. The number of hydrogen-bond acceptors (Lipinski definition) is 3. The first kappa shape index (κ1) is 8.50. The lowest BCUT2D eigenvalue weighted by atomic mass is 10.2. The Morgan fingerprint density at radius 3 is 2.71 bits per heavy atom. The van der Waals surface area contributed by atoms with Gasteiger partial charge in [0.05, 0.1) is 12.4 Å². The summed E-state index contributed by atoms with van der Waals surface area (Å²) >= 11 is 0. The molecule has 0 saturated heterocycles. The first-order chi connectivity index (χ1) is 6.86. The van der Waals surface area contributed by atoms with Crippen LogP contribution in [0.4, 0.5) is 0 Å². The van der Waals surface area contributed by atoms with Crippen molar-refractivity contribution in [3.63, 3.8) is 0 Å². The Balaban J connectivity index is 2.24. The molecule has 2 rings (SSSR count). The van der Waals surface area contributed by atoms with Gasteiger partial charge in [0.25, 0.3) is 0 Å². The van der Waals surface area contributed by atoms with Crippen molar-refractivity contribution in [1.29, 1.82) is 0 Å². The van der Waals surface area contributed by atoms with Crippen LogP contribution in [0.1, 0.15) is 5.56 Å². The summed E-state index contributed by atoms with van der Waals surface area (Å²) in [7, 11) is 0. The highest BCUT2D eigenvalue weighted by Crippen LogP contribution is 1.94. The monoisotopic (exact) mass is 188 g/mol. The molecule has 0 bridgehead atoms. The minimum atomic E-state index is -0.489. The van der Waals surface area contributed by atoms with Gasteiger partial charge < -0.3 is 4.42 Å². The molecule has 1 heterocycles. The van der Waals surface area contributed by atoms with Gasteiger partial charge in [-0.2, -0.15) is 9.78 Å².